The van der Waals surface area contributed by atoms with Crippen molar-refractivity contribution in [1.29, 1.82) is 0 Å². The zero-order valence-electron chi connectivity index (χ0n) is 7.24. The molecule has 3 aliphatic rings. The Morgan fingerprint density at radius 1 is 0.600 bits per heavy atom. The third-order valence-electron chi connectivity index (χ3n) is 4.00. The monoisotopic (exact) mass is 138 g/mol. The van der Waals surface area contributed by atoms with Crippen molar-refractivity contribution in [3.8, 4) is 0 Å². The fourth-order valence-corrected chi connectivity index (χ4v) is 2.56. The van der Waals surface area contributed by atoms with E-state index in [1.54, 1.807) is 0 Å². The summed E-state index contributed by atoms with van der Waals surface area (Å²) in [5.41, 5.74) is 1.52. The van der Waals surface area contributed by atoms with E-state index in [9.17, 15) is 0 Å². The van der Waals surface area contributed by atoms with Crippen LogP contribution in [0.4, 0.5) is 0 Å². The van der Waals surface area contributed by atoms with Crippen LogP contribution in [0.15, 0.2) is 0 Å². The molecule has 0 aromatic rings. The molecule has 0 atom stereocenters. The summed E-state index contributed by atoms with van der Waals surface area (Å²) in [7, 11) is 0. The molecule has 58 valence electrons. The van der Waals surface area contributed by atoms with Gasteiger partial charge >= 0.3 is 0 Å². The number of hydrogen-bond donors (Lipinski definition) is 0. The Balaban J connectivity index is 2.16. The van der Waals surface area contributed by atoms with Crippen LogP contribution in [0.2, 0.25) is 0 Å². The van der Waals surface area contributed by atoms with Gasteiger partial charge in [0, 0.05) is 0 Å². The van der Waals surface area contributed by atoms with Gasteiger partial charge in [0.1, 0.15) is 0 Å². The first-order chi connectivity index (χ1) is 4.62. The highest BCUT2D eigenvalue weighted by Crippen LogP contribution is 2.56. The van der Waals surface area contributed by atoms with Gasteiger partial charge in [-0.3, -0.25) is 0 Å². The maximum absolute atomic E-state index is 2.48. The Morgan fingerprint density at radius 3 is 1.00 bits per heavy atom. The molecule has 0 aromatic heterocycles. The molecule has 0 spiro atoms. The van der Waals surface area contributed by atoms with E-state index in [4.69, 9.17) is 0 Å². The minimum Gasteiger partial charge on any atom is -0.0596 e. The van der Waals surface area contributed by atoms with Crippen molar-refractivity contribution in [2.45, 2.75) is 52.4 Å². The Labute approximate surface area is 64.0 Å². The van der Waals surface area contributed by atoms with Crippen LogP contribution in [0, 0.1) is 10.8 Å². The highest BCUT2D eigenvalue weighted by Gasteiger charge is 2.42. The van der Waals surface area contributed by atoms with Crippen molar-refractivity contribution in [3.63, 3.8) is 0 Å². The predicted molar refractivity (Wildman–Crippen MR) is 43.9 cm³/mol. The Hall–Kier alpha value is 0. The molecule has 0 aromatic carbocycles. The summed E-state index contributed by atoms with van der Waals surface area (Å²) in [4.78, 5) is 0. The first-order valence-electron chi connectivity index (χ1n) is 4.62. The molecule has 0 amide bonds. The summed E-state index contributed by atoms with van der Waals surface area (Å²) < 4.78 is 0. The SMILES string of the molecule is CC12CCC(C)(CC1)CC2. The lowest BCUT2D eigenvalue weighted by Gasteiger charge is -2.50. The molecular weight excluding hydrogens is 120 g/mol. The molecule has 3 saturated carbocycles. The second kappa shape index (κ2) is 1.78. The lowest BCUT2D eigenvalue weighted by atomic mass is 9.55. The second-order valence-corrected chi connectivity index (χ2v) is 5.12. The molecule has 0 unspecified atom stereocenters. The zero-order valence-corrected chi connectivity index (χ0v) is 7.24. The van der Waals surface area contributed by atoms with Gasteiger partial charge in [-0.25, -0.2) is 0 Å². The lowest BCUT2D eigenvalue weighted by Crippen LogP contribution is -2.37. The molecule has 0 heteroatoms. The maximum Gasteiger partial charge on any atom is -0.0325 e. The third-order valence-corrected chi connectivity index (χ3v) is 4.00. The Kier molecular flexibility index (Phi) is 1.19. The molecule has 3 aliphatic carbocycles. The highest BCUT2D eigenvalue weighted by molar-refractivity contribution is 4.94. The third kappa shape index (κ3) is 0.889. The van der Waals surface area contributed by atoms with Gasteiger partial charge in [0.25, 0.3) is 0 Å². The molecule has 10 heavy (non-hydrogen) atoms. The fraction of sp³-hybridized carbons (Fsp3) is 1.00. The molecule has 0 N–H and O–H groups in total. The van der Waals surface area contributed by atoms with Crippen molar-refractivity contribution in [2.24, 2.45) is 10.8 Å². The average molecular weight is 138 g/mol. The molecule has 3 rings (SSSR count). The van der Waals surface area contributed by atoms with E-state index < -0.39 is 0 Å². The van der Waals surface area contributed by atoms with Gasteiger partial charge in [-0.2, -0.15) is 0 Å². The first-order valence-corrected chi connectivity index (χ1v) is 4.62. The topological polar surface area (TPSA) is 0 Å². The Morgan fingerprint density at radius 2 is 0.800 bits per heavy atom. The normalized spacial score (nSPS) is 53.4. The van der Waals surface area contributed by atoms with Crippen LogP contribution >= 0.6 is 0 Å². The summed E-state index contributed by atoms with van der Waals surface area (Å²) in [5.74, 6) is 0. The van der Waals surface area contributed by atoms with Crippen LogP contribution in [0.5, 0.6) is 0 Å². The van der Waals surface area contributed by atoms with Crippen LogP contribution in [0.3, 0.4) is 0 Å². The smallest absolute Gasteiger partial charge is 0.0325 e. The van der Waals surface area contributed by atoms with Crippen molar-refractivity contribution in [3.05, 3.63) is 0 Å². The van der Waals surface area contributed by atoms with Gasteiger partial charge in [-0.05, 0) is 49.4 Å². The van der Waals surface area contributed by atoms with Crippen molar-refractivity contribution in [1.82, 2.24) is 0 Å². The first kappa shape index (κ1) is 6.69. The van der Waals surface area contributed by atoms with Gasteiger partial charge in [0.05, 0.1) is 0 Å². The second-order valence-electron chi connectivity index (χ2n) is 5.12. The van der Waals surface area contributed by atoms with E-state index in [0.717, 1.165) is 10.8 Å². The van der Waals surface area contributed by atoms with E-state index in [0.29, 0.717) is 0 Å². The zero-order chi connectivity index (χ0) is 7.24. The van der Waals surface area contributed by atoms with E-state index >= 15 is 0 Å². The molecule has 3 fully saturated rings. The van der Waals surface area contributed by atoms with E-state index in [1.807, 2.05) is 0 Å². The van der Waals surface area contributed by atoms with Gasteiger partial charge in [-0.15, -0.1) is 0 Å². The predicted octanol–water partition coefficient (Wildman–Crippen LogP) is 3.37. The van der Waals surface area contributed by atoms with Crippen LogP contribution in [0.1, 0.15) is 52.4 Å². The molecule has 0 radical (unpaired) electrons. The van der Waals surface area contributed by atoms with Crippen LogP contribution in [0.25, 0.3) is 0 Å². The van der Waals surface area contributed by atoms with Crippen LogP contribution in [-0.2, 0) is 0 Å². The van der Waals surface area contributed by atoms with Crippen LogP contribution < -0.4 is 0 Å². The van der Waals surface area contributed by atoms with Gasteiger partial charge < -0.3 is 0 Å². The summed E-state index contributed by atoms with van der Waals surface area (Å²) in [6.07, 6.45) is 9.02. The largest absolute Gasteiger partial charge is 0.0596 e. The molecule has 0 nitrogen and oxygen atoms in total. The standard InChI is InChI=1S/C10H18/c1-9-3-6-10(2,7-4-9)8-5-9/h3-8H2,1-2H3. The summed E-state index contributed by atoms with van der Waals surface area (Å²) in [6.45, 7) is 4.96. The summed E-state index contributed by atoms with van der Waals surface area (Å²) in [6, 6.07) is 0. The van der Waals surface area contributed by atoms with Crippen molar-refractivity contribution in [2.75, 3.05) is 0 Å². The van der Waals surface area contributed by atoms with E-state index in [2.05, 4.69) is 13.8 Å². The summed E-state index contributed by atoms with van der Waals surface area (Å²) in [5, 5.41) is 0. The molecule has 0 saturated heterocycles. The van der Waals surface area contributed by atoms with E-state index in [-0.39, 0.29) is 0 Å². The number of rotatable bonds is 0. The molecule has 0 heterocycles. The van der Waals surface area contributed by atoms with Crippen molar-refractivity contribution >= 4 is 0 Å². The van der Waals surface area contributed by atoms with Gasteiger partial charge in [0.2, 0.25) is 0 Å². The average Bonchev–Trinajstić information content (AvgIpc) is 1.93. The molecular formula is C10H18. The van der Waals surface area contributed by atoms with Crippen molar-refractivity contribution < 1.29 is 0 Å². The lowest BCUT2D eigenvalue weighted by molar-refractivity contribution is 0.0164. The minimum absolute atomic E-state index is 0.762. The van der Waals surface area contributed by atoms with Gasteiger partial charge in [-0.1, -0.05) is 13.8 Å². The minimum atomic E-state index is 0.762. The quantitative estimate of drug-likeness (QED) is 0.481. The van der Waals surface area contributed by atoms with Crippen LogP contribution in [-0.4, -0.2) is 0 Å². The number of hydrogen-bond acceptors (Lipinski definition) is 0. The van der Waals surface area contributed by atoms with Gasteiger partial charge in [0.15, 0.2) is 0 Å². The highest BCUT2D eigenvalue weighted by atomic mass is 14.5. The molecule has 0 aliphatic heterocycles. The van der Waals surface area contributed by atoms with E-state index in [1.165, 1.54) is 38.5 Å². The Bertz CT molecular complexity index is 104. The maximum atomic E-state index is 2.48. The fourth-order valence-electron chi connectivity index (χ4n) is 2.56. The summed E-state index contributed by atoms with van der Waals surface area (Å²) >= 11 is 0. The number of fused-ring (bicyclic) bond motifs is 3. The molecule has 2 bridgehead atoms.